The molecule has 1 saturated heterocycles. The lowest BCUT2D eigenvalue weighted by Crippen LogP contribution is -2.18. The molecule has 1 heterocycles. The van der Waals surface area contributed by atoms with Crippen molar-refractivity contribution in [3.05, 3.63) is 76.3 Å². The SMILES string of the molecule is O=C(O)/C=C(/c1ccc(Cl)cc1)c1ccc(CN2CCCC2)cc1. The van der Waals surface area contributed by atoms with Gasteiger partial charge in [-0.1, -0.05) is 48.0 Å². The van der Waals surface area contributed by atoms with Gasteiger partial charge in [0.05, 0.1) is 0 Å². The van der Waals surface area contributed by atoms with Crippen LogP contribution in [0.3, 0.4) is 0 Å². The fourth-order valence-corrected chi connectivity index (χ4v) is 3.20. The molecular formula is C20H20ClNO2. The molecule has 1 aliphatic rings. The van der Waals surface area contributed by atoms with Crippen molar-refractivity contribution >= 4 is 23.1 Å². The number of benzene rings is 2. The molecule has 3 rings (SSSR count). The number of hydrogen-bond acceptors (Lipinski definition) is 2. The minimum absolute atomic E-state index is 0.634. The van der Waals surface area contributed by atoms with Crippen LogP contribution in [0, 0.1) is 0 Å². The van der Waals surface area contributed by atoms with E-state index >= 15 is 0 Å². The van der Waals surface area contributed by atoms with Crippen molar-refractivity contribution in [3.63, 3.8) is 0 Å². The van der Waals surface area contributed by atoms with Crippen LogP contribution in [0.15, 0.2) is 54.6 Å². The first-order valence-electron chi connectivity index (χ1n) is 8.14. The summed E-state index contributed by atoms with van der Waals surface area (Å²) in [6.45, 7) is 3.28. The van der Waals surface area contributed by atoms with Crippen LogP contribution in [0.2, 0.25) is 5.02 Å². The highest BCUT2D eigenvalue weighted by molar-refractivity contribution is 6.30. The smallest absolute Gasteiger partial charge is 0.328 e. The zero-order valence-corrected chi connectivity index (χ0v) is 14.2. The first-order valence-corrected chi connectivity index (χ1v) is 8.52. The summed E-state index contributed by atoms with van der Waals surface area (Å²) in [5.41, 5.74) is 3.68. The number of nitrogens with zero attached hydrogens (tertiary/aromatic N) is 1. The Morgan fingerprint density at radius 2 is 1.54 bits per heavy atom. The molecule has 0 aromatic heterocycles. The number of likely N-dealkylation sites (tertiary alicyclic amines) is 1. The lowest BCUT2D eigenvalue weighted by molar-refractivity contribution is -0.131. The largest absolute Gasteiger partial charge is 0.478 e. The van der Waals surface area contributed by atoms with Crippen LogP contribution in [0.1, 0.15) is 29.5 Å². The summed E-state index contributed by atoms with van der Waals surface area (Å²) in [5.74, 6) is -0.957. The van der Waals surface area contributed by atoms with E-state index in [4.69, 9.17) is 11.6 Å². The Bertz CT molecular complexity index is 729. The van der Waals surface area contributed by atoms with Gasteiger partial charge in [0.2, 0.25) is 0 Å². The summed E-state index contributed by atoms with van der Waals surface area (Å²) in [7, 11) is 0. The van der Waals surface area contributed by atoms with Crippen molar-refractivity contribution in [3.8, 4) is 0 Å². The van der Waals surface area contributed by atoms with Crippen molar-refractivity contribution in [1.82, 2.24) is 4.90 Å². The van der Waals surface area contributed by atoms with Gasteiger partial charge in [-0.05, 0) is 60.3 Å². The van der Waals surface area contributed by atoms with Gasteiger partial charge in [0.25, 0.3) is 0 Å². The zero-order chi connectivity index (χ0) is 16.9. The van der Waals surface area contributed by atoms with Crippen LogP contribution in [-0.4, -0.2) is 29.1 Å². The summed E-state index contributed by atoms with van der Waals surface area (Å²) >= 11 is 5.93. The van der Waals surface area contributed by atoms with E-state index < -0.39 is 5.97 Å². The van der Waals surface area contributed by atoms with Gasteiger partial charge in [0.1, 0.15) is 0 Å². The number of carboxylic acids is 1. The molecule has 2 aromatic carbocycles. The third-order valence-electron chi connectivity index (χ3n) is 4.29. The monoisotopic (exact) mass is 341 g/mol. The predicted molar refractivity (Wildman–Crippen MR) is 97.1 cm³/mol. The van der Waals surface area contributed by atoms with E-state index in [-0.39, 0.29) is 0 Å². The minimum atomic E-state index is -0.957. The predicted octanol–water partition coefficient (Wildman–Crippen LogP) is 4.45. The standard InChI is InChI=1S/C20H20ClNO2/c21-18-9-7-17(8-10-18)19(13-20(23)24)16-5-3-15(4-6-16)14-22-11-1-2-12-22/h3-10,13H,1-2,11-12,14H2,(H,23,24)/b19-13+. The van der Waals surface area contributed by atoms with E-state index in [1.807, 2.05) is 24.3 Å². The number of aliphatic carboxylic acids is 1. The molecule has 1 aliphatic heterocycles. The zero-order valence-electron chi connectivity index (χ0n) is 13.4. The lowest BCUT2D eigenvalue weighted by Gasteiger charge is -2.15. The maximum absolute atomic E-state index is 11.2. The number of carbonyl (C=O) groups is 1. The van der Waals surface area contributed by atoms with E-state index in [1.165, 1.54) is 24.5 Å². The molecule has 0 atom stereocenters. The molecule has 4 heteroatoms. The quantitative estimate of drug-likeness (QED) is 0.817. The molecular weight excluding hydrogens is 322 g/mol. The van der Waals surface area contributed by atoms with Gasteiger partial charge in [-0.15, -0.1) is 0 Å². The van der Waals surface area contributed by atoms with E-state index in [9.17, 15) is 9.90 Å². The average molecular weight is 342 g/mol. The minimum Gasteiger partial charge on any atom is -0.478 e. The molecule has 0 aliphatic carbocycles. The van der Waals surface area contributed by atoms with Crippen molar-refractivity contribution in [2.75, 3.05) is 13.1 Å². The summed E-state index contributed by atoms with van der Waals surface area (Å²) in [5, 5.41) is 9.83. The number of rotatable bonds is 5. The molecule has 0 saturated carbocycles. The maximum Gasteiger partial charge on any atom is 0.328 e. The van der Waals surface area contributed by atoms with Gasteiger partial charge >= 0.3 is 5.97 Å². The average Bonchev–Trinajstić information content (AvgIpc) is 3.07. The van der Waals surface area contributed by atoms with Gasteiger partial charge in [-0.3, -0.25) is 4.90 Å². The van der Waals surface area contributed by atoms with Crippen LogP contribution in [0.4, 0.5) is 0 Å². The van der Waals surface area contributed by atoms with E-state index in [0.717, 1.165) is 30.8 Å². The summed E-state index contributed by atoms with van der Waals surface area (Å²) in [6, 6.07) is 15.4. The Kier molecular flexibility index (Phi) is 5.34. The van der Waals surface area contributed by atoms with Crippen molar-refractivity contribution in [2.45, 2.75) is 19.4 Å². The Morgan fingerprint density at radius 1 is 1.00 bits per heavy atom. The molecule has 1 N–H and O–H groups in total. The molecule has 1 fully saturated rings. The summed E-state index contributed by atoms with van der Waals surface area (Å²) in [4.78, 5) is 13.7. The first-order chi connectivity index (χ1) is 11.6. The Balaban J connectivity index is 1.85. The Morgan fingerprint density at radius 3 is 2.08 bits per heavy atom. The topological polar surface area (TPSA) is 40.5 Å². The van der Waals surface area contributed by atoms with Gasteiger partial charge in [0, 0.05) is 17.6 Å². The molecule has 0 amide bonds. The second-order valence-electron chi connectivity index (χ2n) is 6.08. The third kappa shape index (κ3) is 4.25. The molecule has 124 valence electrons. The Labute approximate surface area is 147 Å². The summed E-state index contributed by atoms with van der Waals surface area (Å²) < 4.78 is 0. The number of carboxylic acid groups (broad SMARTS) is 1. The van der Waals surface area contributed by atoms with Gasteiger partial charge in [-0.2, -0.15) is 0 Å². The lowest BCUT2D eigenvalue weighted by atomic mass is 9.96. The van der Waals surface area contributed by atoms with E-state index in [0.29, 0.717) is 10.6 Å². The van der Waals surface area contributed by atoms with Crippen molar-refractivity contribution < 1.29 is 9.90 Å². The van der Waals surface area contributed by atoms with Crippen LogP contribution in [0.25, 0.3) is 5.57 Å². The molecule has 2 aromatic rings. The van der Waals surface area contributed by atoms with Crippen LogP contribution in [-0.2, 0) is 11.3 Å². The van der Waals surface area contributed by atoms with Gasteiger partial charge in [-0.25, -0.2) is 4.79 Å². The third-order valence-corrected chi connectivity index (χ3v) is 4.54. The molecule has 0 spiro atoms. The molecule has 3 nitrogen and oxygen atoms in total. The molecule has 0 bridgehead atoms. The van der Waals surface area contributed by atoms with E-state index in [1.54, 1.807) is 12.1 Å². The molecule has 0 unspecified atom stereocenters. The molecule has 0 radical (unpaired) electrons. The van der Waals surface area contributed by atoms with Crippen LogP contribution < -0.4 is 0 Å². The number of halogens is 1. The number of hydrogen-bond donors (Lipinski definition) is 1. The highest BCUT2D eigenvalue weighted by Gasteiger charge is 2.12. The molecule has 24 heavy (non-hydrogen) atoms. The van der Waals surface area contributed by atoms with Gasteiger partial charge in [0.15, 0.2) is 0 Å². The summed E-state index contributed by atoms with van der Waals surface area (Å²) in [6.07, 6.45) is 3.80. The highest BCUT2D eigenvalue weighted by Crippen LogP contribution is 2.25. The van der Waals surface area contributed by atoms with Crippen LogP contribution >= 0.6 is 11.6 Å². The van der Waals surface area contributed by atoms with Crippen LogP contribution in [0.5, 0.6) is 0 Å². The van der Waals surface area contributed by atoms with Gasteiger partial charge < -0.3 is 5.11 Å². The second-order valence-corrected chi connectivity index (χ2v) is 6.52. The normalized spacial score (nSPS) is 15.6. The fourth-order valence-electron chi connectivity index (χ4n) is 3.07. The van der Waals surface area contributed by atoms with Crippen molar-refractivity contribution in [1.29, 1.82) is 0 Å². The first kappa shape index (κ1) is 16.7. The fraction of sp³-hybridized carbons (Fsp3) is 0.250. The van der Waals surface area contributed by atoms with E-state index in [2.05, 4.69) is 17.0 Å². The highest BCUT2D eigenvalue weighted by atomic mass is 35.5. The Hall–Kier alpha value is -2.10. The maximum atomic E-state index is 11.2. The van der Waals surface area contributed by atoms with Crippen molar-refractivity contribution in [2.24, 2.45) is 0 Å². The second kappa shape index (κ2) is 7.65.